The smallest absolute Gasteiger partial charge is 0.251 e. The Hall–Kier alpha value is -1.34. The maximum absolute atomic E-state index is 12.2. The highest BCUT2D eigenvalue weighted by molar-refractivity contribution is 5.97. The molecule has 0 saturated carbocycles. The van der Waals surface area contributed by atoms with E-state index in [0.29, 0.717) is 37.2 Å². The topological polar surface area (TPSA) is 87.5 Å². The second kappa shape index (κ2) is 15.0. The lowest BCUT2D eigenvalue weighted by Crippen LogP contribution is -2.34. The number of amides is 2. The normalized spacial score (nSPS) is 9.76. The molecule has 8 heteroatoms. The van der Waals surface area contributed by atoms with Crippen molar-refractivity contribution >= 4 is 42.3 Å². The molecule has 2 amide bonds. The number of carbonyl (C=O) groups is 2. The molecule has 1 aromatic carbocycles. The Morgan fingerprint density at radius 1 is 1.16 bits per heavy atom. The molecule has 0 aliphatic heterocycles. The number of nitrogens with zero attached hydrogens (tertiary/aromatic N) is 1. The predicted octanol–water partition coefficient (Wildman–Crippen LogP) is 2.28. The van der Waals surface area contributed by atoms with E-state index >= 15 is 0 Å². The van der Waals surface area contributed by atoms with Gasteiger partial charge in [0.1, 0.15) is 0 Å². The van der Waals surface area contributed by atoms with Crippen LogP contribution in [0.5, 0.6) is 0 Å². The molecule has 0 aromatic heterocycles. The van der Waals surface area contributed by atoms with Gasteiger partial charge in [-0.15, -0.1) is 24.8 Å². The van der Waals surface area contributed by atoms with Gasteiger partial charge < -0.3 is 21.3 Å². The van der Waals surface area contributed by atoms with Crippen molar-refractivity contribution in [2.24, 2.45) is 5.73 Å². The highest BCUT2D eigenvalue weighted by Gasteiger charge is 2.08. The van der Waals surface area contributed by atoms with E-state index < -0.39 is 0 Å². The molecule has 6 nitrogen and oxygen atoms in total. The molecule has 0 aliphatic rings. The van der Waals surface area contributed by atoms with Crippen LogP contribution in [0, 0.1) is 0 Å². The zero-order valence-electron chi connectivity index (χ0n) is 14.9. The van der Waals surface area contributed by atoms with E-state index in [1.807, 2.05) is 0 Å². The lowest BCUT2D eigenvalue weighted by Gasteiger charge is -2.18. The van der Waals surface area contributed by atoms with Crippen LogP contribution < -0.4 is 16.4 Å². The summed E-state index contributed by atoms with van der Waals surface area (Å²) in [5, 5.41) is 5.68. The lowest BCUT2D eigenvalue weighted by atomic mass is 10.2. The fourth-order valence-corrected chi connectivity index (χ4v) is 2.19. The summed E-state index contributed by atoms with van der Waals surface area (Å²) in [6.45, 7) is 8.06. The summed E-state index contributed by atoms with van der Waals surface area (Å²) in [6, 6.07) is 6.96. The molecule has 0 spiro atoms. The quantitative estimate of drug-likeness (QED) is 0.569. The van der Waals surface area contributed by atoms with Gasteiger partial charge in [-0.2, -0.15) is 0 Å². The Morgan fingerprint density at radius 2 is 1.84 bits per heavy atom. The van der Waals surface area contributed by atoms with Gasteiger partial charge in [0.25, 0.3) is 5.91 Å². The molecule has 0 saturated heterocycles. The summed E-state index contributed by atoms with van der Waals surface area (Å²) in [7, 11) is 0. The van der Waals surface area contributed by atoms with Crippen molar-refractivity contribution in [3.8, 4) is 0 Å². The van der Waals surface area contributed by atoms with Gasteiger partial charge in [-0.05, 0) is 44.3 Å². The minimum atomic E-state index is -0.129. The van der Waals surface area contributed by atoms with Crippen molar-refractivity contribution < 1.29 is 9.59 Å². The van der Waals surface area contributed by atoms with Crippen LogP contribution in [0.25, 0.3) is 0 Å². The summed E-state index contributed by atoms with van der Waals surface area (Å²) in [5.41, 5.74) is 6.56. The molecule has 25 heavy (non-hydrogen) atoms. The first-order chi connectivity index (χ1) is 11.1. The van der Waals surface area contributed by atoms with Gasteiger partial charge in [-0.3, -0.25) is 9.59 Å². The molecular formula is C17H30Cl2N4O2. The molecule has 0 aliphatic carbocycles. The molecule has 0 fully saturated rings. The van der Waals surface area contributed by atoms with Crippen LogP contribution in [0.4, 0.5) is 5.69 Å². The SMILES string of the molecule is CCN(CC)CCNC(=O)c1cccc(NC(=O)CCCN)c1.Cl.Cl. The van der Waals surface area contributed by atoms with Gasteiger partial charge in [0.05, 0.1) is 0 Å². The maximum atomic E-state index is 12.2. The average molecular weight is 393 g/mol. The van der Waals surface area contributed by atoms with Gasteiger partial charge in [0.15, 0.2) is 0 Å². The highest BCUT2D eigenvalue weighted by Crippen LogP contribution is 2.11. The summed E-state index contributed by atoms with van der Waals surface area (Å²) >= 11 is 0. The zero-order chi connectivity index (χ0) is 17.1. The number of hydrogen-bond donors (Lipinski definition) is 3. The van der Waals surface area contributed by atoms with E-state index in [2.05, 4.69) is 29.4 Å². The Kier molecular flexibility index (Phi) is 15.5. The second-order valence-electron chi connectivity index (χ2n) is 5.30. The summed E-state index contributed by atoms with van der Waals surface area (Å²) in [5.74, 6) is -0.218. The molecule has 0 heterocycles. The van der Waals surface area contributed by atoms with Crippen LogP contribution >= 0.6 is 24.8 Å². The van der Waals surface area contributed by atoms with E-state index in [9.17, 15) is 9.59 Å². The number of carbonyl (C=O) groups excluding carboxylic acids is 2. The molecule has 0 radical (unpaired) electrons. The number of halogens is 2. The van der Waals surface area contributed by atoms with Crippen LogP contribution in [0.2, 0.25) is 0 Å². The van der Waals surface area contributed by atoms with Crippen molar-refractivity contribution in [1.29, 1.82) is 0 Å². The zero-order valence-corrected chi connectivity index (χ0v) is 16.5. The van der Waals surface area contributed by atoms with Crippen molar-refractivity contribution in [2.75, 3.05) is 38.0 Å². The fraction of sp³-hybridized carbons (Fsp3) is 0.529. The third-order valence-electron chi connectivity index (χ3n) is 3.62. The van der Waals surface area contributed by atoms with Crippen molar-refractivity contribution in [2.45, 2.75) is 26.7 Å². The largest absolute Gasteiger partial charge is 0.351 e. The summed E-state index contributed by atoms with van der Waals surface area (Å²) < 4.78 is 0. The van der Waals surface area contributed by atoms with E-state index in [1.165, 1.54) is 0 Å². The van der Waals surface area contributed by atoms with Crippen molar-refractivity contribution in [3.63, 3.8) is 0 Å². The third-order valence-corrected chi connectivity index (χ3v) is 3.62. The van der Waals surface area contributed by atoms with Gasteiger partial charge in [0, 0.05) is 30.8 Å². The number of benzene rings is 1. The van der Waals surface area contributed by atoms with Crippen LogP contribution in [0.3, 0.4) is 0 Å². The van der Waals surface area contributed by atoms with E-state index in [1.54, 1.807) is 24.3 Å². The van der Waals surface area contributed by atoms with Crippen LogP contribution in [-0.4, -0.2) is 49.4 Å². The monoisotopic (exact) mass is 392 g/mol. The van der Waals surface area contributed by atoms with Crippen molar-refractivity contribution in [1.82, 2.24) is 10.2 Å². The Labute approximate surface area is 162 Å². The number of nitrogens with two attached hydrogens (primary N) is 1. The fourth-order valence-electron chi connectivity index (χ4n) is 2.19. The molecule has 0 bridgehead atoms. The average Bonchev–Trinajstić information content (AvgIpc) is 2.57. The second-order valence-corrected chi connectivity index (χ2v) is 5.30. The Bertz CT molecular complexity index is 511. The summed E-state index contributed by atoms with van der Waals surface area (Å²) in [6.07, 6.45) is 1.04. The number of nitrogens with one attached hydrogen (secondary N) is 2. The van der Waals surface area contributed by atoms with Gasteiger partial charge in [0.2, 0.25) is 5.91 Å². The number of rotatable bonds is 10. The van der Waals surface area contributed by atoms with Gasteiger partial charge in [-0.25, -0.2) is 0 Å². The van der Waals surface area contributed by atoms with Crippen LogP contribution in [0.15, 0.2) is 24.3 Å². The Morgan fingerprint density at radius 3 is 2.44 bits per heavy atom. The maximum Gasteiger partial charge on any atom is 0.251 e. The lowest BCUT2D eigenvalue weighted by molar-refractivity contribution is -0.116. The molecule has 4 N–H and O–H groups in total. The first kappa shape index (κ1) is 25.9. The molecule has 1 aromatic rings. The predicted molar refractivity (Wildman–Crippen MR) is 108 cm³/mol. The molecule has 144 valence electrons. The molecule has 0 atom stereocenters. The molecule has 1 rings (SSSR count). The summed E-state index contributed by atoms with van der Waals surface area (Å²) in [4.78, 5) is 26.1. The first-order valence-corrected chi connectivity index (χ1v) is 8.21. The van der Waals surface area contributed by atoms with E-state index in [4.69, 9.17) is 5.73 Å². The standard InChI is InChI=1S/C17H28N4O2.2ClH/c1-3-21(4-2)12-11-19-17(23)14-7-5-8-15(13-14)20-16(22)9-6-10-18;;/h5,7-8,13H,3-4,6,9-12,18H2,1-2H3,(H,19,23)(H,20,22);2*1H. The van der Waals surface area contributed by atoms with E-state index in [-0.39, 0.29) is 36.6 Å². The minimum Gasteiger partial charge on any atom is -0.351 e. The van der Waals surface area contributed by atoms with Gasteiger partial charge in [-0.1, -0.05) is 19.9 Å². The first-order valence-electron chi connectivity index (χ1n) is 8.21. The van der Waals surface area contributed by atoms with Crippen molar-refractivity contribution in [3.05, 3.63) is 29.8 Å². The highest BCUT2D eigenvalue weighted by atomic mass is 35.5. The number of anilines is 1. The van der Waals surface area contributed by atoms with Crippen LogP contribution in [0.1, 0.15) is 37.0 Å². The third kappa shape index (κ3) is 10.3. The van der Waals surface area contributed by atoms with Gasteiger partial charge >= 0.3 is 0 Å². The number of hydrogen-bond acceptors (Lipinski definition) is 4. The Balaban J connectivity index is 0. The molecule has 0 unspecified atom stereocenters. The van der Waals surface area contributed by atoms with Crippen LogP contribution in [-0.2, 0) is 4.79 Å². The minimum absolute atomic E-state index is 0. The molecular weight excluding hydrogens is 363 g/mol. The van der Waals surface area contributed by atoms with E-state index in [0.717, 1.165) is 19.6 Å². The number of likely N-dealkylation sites (N-methyl/N-ethyl adjacent to an activating group) is 1.